The van der Waals surface area contributed by atoms with Gasteiger partial charge in [-0.3, -0.25) is 4.79 Å². The molecule has 0 saturated carbocycles. The second-order valence-corrected chi connectivity index (χ2v) is 7.85. The van der Waals surface area contributed by atoms with E-state index in [1.165, 1.54) is 24.1 Å². The molecule has 0 bridgehead atoms. The highest BCUT2D eigenvalue weighted by Gasteiger charge is 2.26. The van der Waals surface area contributed by atoms with Gasteiger partial charge in [0.15, 0.2) is 0 Å². The maximum atomic E-state index is 13.0. The van der Waals surface area contributed by atoms with E-state index >= 15 is 0 Å². The number of halogens is 1. The van der Waals surface area contributed by atoms with Gasteiger partial charge in [0.2, 0.25) is 15.9 Å². The van der Waals surface area contributed by atoms with E-state index in [-0.39, 0.29) is 23.4 Å². The van der Waals surface area contributed by atoms with E-state index in [1.807, 2.05) is 37.3 Å². The van der Waals surface area contributed by atoms with Gasteiger partial charge < -0.3 is 4.90 Å². The summed E-state index contributed by atoms with van der Waals surface area (Å²) in [6.45, 7) is 1.58. The van der Waals surface area contributed by atoms with Gasteiger partial charge in [-0.15, -0.1) is 0 Å². The highest BCUT2D eigenvalue weighted by molar-refractivity contribution is 7.89. The van der Waals surface area contributed by atoms with Crippen molar-refractivity contribution in [3.05, 3.63) is 66.0 Å². The first kappa shape index (κ1) is 19.1. The molecule has 0 fully saturated rings. The van der Waals surface area contributed by atoms with Crippen LogP contribution in [-0.2, 0) is 14.8 Å². The molecule has 1 amide bonds. The largest absolute Gasteiger partial charge is 0.338 e. The Bertz CT molecular complexity index is 823. The van der Waals surface area contributed by atoms with Crippen LogP contribution < -0.4 is 0 Å². The summed E-state index contributed by atoms with van der Waals surface area (Å²) < 4.78 is 38.9. The van der Waals surface area contributed by atoms with Gasteiger partial charge in [-0.05, 0) is 36.8 Å². The first-order chi connectivity index (χ1) is 11.7. The molecule has 1 atom stereocenters. The van der Waals surface area contributed by atoms with Gasteiger partial charge in [-0.25, -0.2) is 12.8 Å². The van der Waals surface area contributed by atoms with Gasteiger partial charge in [0.25, 0.3) is 0 Å². The minimum absolute atomic E-state index is 0.0528. The number of hydrogen-bond acceptors (Lipinski definition) is 3. The highest BCUT2D eigenvalue weighted by atomic mass is 32.2. The molecule has 134 valence electrons. The van der Waals surface area contributed by atoms with Crippen molar-refractivity contribution in [2.45, 2.75) is 17.9 Å². The third kappa shape index (κ3) is 4.43. The average Bonchev–Trinajstić information content (AvgIpc) is 2.61. The fourth-order valence-electron chi connectivity index (χ4n) is 2.34. The molecule has 0 aromatic heterocycles. The molecule has 2 rings (SSSR count). The van der Waals surface area contributed by atoms with Crippen LogP contribution in [0.2, 0.25) is 0 Å². The van der Waals surface area contributed by atoms with Crippen molar-refractivity contribution in [1.82, 2.24) is 9.21 Å². The number of nitrogens with zero attached hydrogens (tertiary/aromatic N) is 2. The Morgan fingerprint density at radius 3 is 2.16 bits per heavy atom. The van der Waals surface area contributed by atoms with E-state index in [2.05, 4.69) is 0 Å². The standard InChI is InChI=1S/C18H21FN2O3S/c1-14(15-7-5-4-6-8-15)21(3)18(22)13-20(2)25(23,24)17-11-9-16(19)10-12-17/h4-12,14H,13H2,1-3H3. The van der Waals surface area contributed by atoms with E-state index in [1.54, 1.807) is 7.05 Å². The summed E-state index contributed by atoms with van der Waals surface area (Å²) in [7, 11) is -0.887. The van der Waals surface area contributed by atoms with Gasteiger partial charge in [0.1, 0.15) is 5.82 Å². The Morgan fingerprint density at radius 1 is 1.04 bits per heavy atom. The predicted molar refractivity (Wildman–Crippen MR) is 93.8 cm³/mol. The lowest BCUT2D eigenvalue weighted by Gasteiger charge is -2.27. The molecule has 0 aliphatic rings. The SMILES string of the molecule is CC(c1ccccc1)N(C)C(=O)CN(C)S(=O)(=O)c1ccc(F)cc1. The normalized spacial score (nSPS) is 12.8. The van der Waals surface area contributed by atoms with E-state index < -0.39 is 15.8 Å². The molecule has 0 aliphatic heterocycles. The zero-order valence-corrected chi connectivity index (χ0v) is 15.2. The summed E-state index contributed by atoms with van der Waals surface area (Å²) in [5.74, 6) is -0.848. The molecule has 2 aromatic carbocycles. The first-order valence-electron chi connectivity index (χ1n) is 7.76. The zero-order valence-electron chi connectivity index (χ0n) is 14.4. The highest BCUT2D eigenvalue weighted by Crippen LogP contribution is 2.19. The molecule has 2 aromatic rings. The molecule has 25 heavy (non-hydrogen) atoms. The summed E-state index contributed by atoms with van der Waals surface area (Å²) in [5.41, 5.74) is 0.961. The van der Waals surface area contributed by atoms with Crippen molar-refractivity contribution >= 4 is 15.9 Å². The minimum atomic E-state index is -3.86. The lowest BCUT2D eigenvalue weighted by atomic mass is 10.1. The number of carbonyl (C=O) groups excluding carboxylic acids is 1. The molecular weight excluding hydrogens is 343 g/mol. The van der Waals surface area contributed by atoms with Crippen LogP contribution in [0.3, 0.4) is 0 Å². The molecule has 0 spiro atoms. The molecule has 1 unspecified atom stereocenters. The van der Waals surface area contributed by atoms with Gasteiger partial charge in [-0.2, -0.15) is 4.31 Å². The van der Waals surface area contributed by atoms with Crippen molar-refractivity contribution in [2.75, 3.05) is 20.6 Å². The van der Waals surface area contributed by atoms with Crippen LogP contribution in [0, 0.1) is 5.82 Å². The van der Waals surface area contributed by atoms with Crippen molar-refractivity contribution < 1.29 is 17.6 Å². The zero-order chi connectivity index (χ0) is 18.6. The van der Waals surface area contributed by atoms with Crippen molar-refractivity contribution in [3.8, 4) is 0 Å². The minimum Gasteiger partial charge on any atom is -0.338 e. The van der Waals surface area contributed by atoms with Gasteiger partial charge >= 0.3 is 0 Å². The summed E-state index contributed by atoms with van der Waals surface area (Å²) in [6, 6.07) is 13.8. The van der Waals surface area contributed by atoms with Gasteiger partial charge in [0, 0.05) is 14.1 Å². The Morgan fingerprint density at radius 2 is 1.60 bits per heavy atom. The Labute approximate surface area is 147 Å². The van der Waals surface area contributed by atoms with E-state index in [9.17, 15) is 17.6 Å². The van der Waals surface area contributed by atoms with Crippen LogP contribution in [-0.4, -0.2) is 44.2 Å². The number of carbonyl (C=O) groups is 1. The van der Waals surface area contributed by atoms with Crippen molar-refractivity contribution in [3.63, 3.8) is 0 Å². The van der Waals surface area contributed by atoms with Crippen LogP contribution in [0.1, 0.15) is 18.5 Å². The Balaban J connectivity index is 2.09. The molecule has 0 saturated heterocycles. The van der Waals surface area contributed by atoms with Gasteiger partial charge in [0.05, 0.1) is 17.5 Å². The Hall–Kier alpha value is -2.25. The van der Waals surface area contributed by atoms with Crippen molar-refractivity contribution in [2.24, 2.45) is 0 Å². The number of sulfonamides is 1. The number of hydrogen-bond donors (Lipinski definition) is 0. The number of likely N-dealkylation sites (N-methyl/N-ethyl adjacent to an activating group) is 2. The lowest BCUT2D eigenvalue weighted by Crippen LogP contribution is -2.40. The fourth-order valence-corrected chi connectivity index (χ4v) is 3.46. The van der Waals surface area contributed by atoms with E-state index in [4.69, 9.17) is 0 Å². The maximum absolute atomic E-state index is 13.0. The first-order valence-corrected chi connectivity index (χ1v) is 9.20. The third-order valence-corrected chi connectivity index (χ3v) is 5.95. The smallest absolute Gasteiger partial charge is 0.243 e. The molecule has 0 radical (unpaired) electrons. The summed E-state index contributed by atoms with van der Waals surface area (Å²) in [4.78, 5) is 13.9. The molecular formula is C18H21FN2O3S. The van der Waals surface area contributed by atoms with E-state index in [0.717, 1.165) is 22.0 Å². The molecule has 0 N–H and O–H groups in total. The second kappa shape index (κ2) is 7.76. The van der Waals surface area contributed by atoms with Crippen LogP contribution in [0.4, 0.5) is 4.39 Å². The number of amides is 1. The van der Waals surface area contributed by atoms with Gasteiger partial charge in [-0.1, -0.05) is 30.3 Å². The van der Waals surface area contributed by atoms with Crippen LogP contribution >= 0.6 is 0 Å². The Kier molecular flexibility index (Phi) is 5.92. The molecule has 7 heteroatoms. The summed E-state index contributed by atoms with van der Waals surface area (Å²) >= 11 is 0. The third-order valence-electron chi connectivity index (χ3n) is 4.14. The second-order valence-electron chi connectivity index (χ2n) is 5.81. The molecule has 0 heterocycles. The summed E-state index contributed by atoms with van der Waals surface area (Å²) in [6.07, 6.45) is 0. The predicted octanol–water partition coefficient (Wildman–Crippen LogP) is 2.67. The van der Waals surface area contributed by atoms with Crippen LogP contribution in [0.15, 0.2) is 59.5 Å². The topological polar surface area (TPSA) is 57.7 Å². The van der Waals surface area contributed by atoms with Crippen LogP contribution in [0.25, 0.3) is 0 Å². The quantitative estimate of drug-likeness (QED) is 0.792. The number of rotatable bonds is 6. The average molecular weight is 364 g/mol. The van der Waals surface area contributed by atoms with Crippen LogP contribution in [0.5, 0.6) is 0 Å². The maximum Gasteiger partial charge on any atom is 0.243 e. The van der Waals surface area contributed by atoms with Crippen molar-refractivity contribution in [1.29, 1.82) is 0 Å². The molecule has 0 aliphatic carbocycles. The number of benzene rings is 2. The molecule has 5 nitrogen and oxygen atoms in total. The summed E-state index contributed by atoms with van der Waals surface area (Å²) in [5, 5.41) is 0. The van der Waals surface area contributed by atoms with E-state index in [0.29, 0.717) is 0 Å². The monoisotopic (exact) mass is 364 g/mol. The lowest BCUT2D eigenvalue weighted by molar-refractivity contribution is -0.131. The fraction of sp³-hybridized carbons (Fsp3) is 0.278.